The van der Waals surface area contributed by atoms with Gasteiger partial charge < -0.3 is 14.4 Å². The predicted octanol–water partition coefficient (Wildman–Crippen LogP) is 6.31. The molecule has 5 rings (SSSR count). The van der Waals surface area contributed by atoms with Crippen molar-refractivity contribution in [3.05, 3.63) is 78.9 Å². The zero-order chi connectivity index (χ0) is 24.3. The molecule has 4 aromatic carbocycles. The van der Waals surface area contributed by atoms with E-state index in [1.54, 1.807) is 18.2 Å². The van der Waals surface area contributed by atoms with E-state index < -0.39 is 21.4 Å². The van der Waals surface area contributed by atoms with Gasteiger partial charge in [0.05, 0.1) is 0 Å². The average Bonchev–Trinajstić information content (AvgIpc) is 2.77. The third-order valence-corrected chi connectivity index (χ3v) is 6.55. The molecule has 0 radical (unpaired) electrons. The molecule has 0 atom stereocenters. The number of alkyl halides is 3. The van der Waals surface area contributed by atoms with E-state index in [0.29, 0.717) is 33.4 Å². The molecule has 0 saturated carbocycles. The van der Waals surface area contributed by atoms with E-state index in [-0.39, 0.29) is 11.5 Å². The molecular formula is C25H15F3O5S. The maximum atomic E-state index is 12.9. The van der Waals surface area contributed by atoms with Crippen molar-refractivity contribution in [1.29, 1.82) is 0 Å². The van der Waals surface area contributed by atoms with Crippen LogP contribution in [0.3, 0.4) is 0 Å². The van der Waals surface area contributed by atoms with Crippen LogP contribution in [-0.2, 0) is 10.1 Å². The number of fused-ring (bicyclic) bond motifs is 8. The normalized spacial score (nSPS) is 12.4. The fourth-order valence-corrected chi connectivity index (χ4v) is 4.59. The second-order valence-electron chi connectivity index (χ2n) is 7.70. The maximum absolute atomic E-state index is 12.9. The minimum atomic E-state index is -5.88. The Labute approximate surface area is 192 Å². The summed E-state index contributed by atoms with van der Waals surface area (Å²) < 4.78 is 66.3. The molecule has 0 unspecified atom stereocenters. The third kappa shape index (κ3) is 3.54. The monoisotopic (exact) mass is 484 g/mol. The Morgan fingerprint density at radius 1 is 0.588 bits per heavy atom. The first kappa shape index (κ1) is 21.8. The van der Waals surface area contributed by atoms with Gasteiger partial charge in [-0.3, -0.25) is 0 Å². The van der Waals surface area contributed by atoms with Gasteiger partial charge in [0, 0.05) is 0 Å². The lowest BCUT2D eigenvalue weighted by Crippen LogP contribution is -2.28. The summed E-state index contributed by atoms with van der Waals surface area (Å²) in [6.45, 7) is 0. The minimum Gasteiger partial charge on any atom is -0.508 e. The summed E-state index contributed by atoms with van der Waals surface area (Å²) in [7, 11) is -5.88. The van der Waals surface area contributed by atoms with Crippen LogP contribution in [0.5, 0.6) is 17.2 Å². The molecular weight excluding hydrogens is 469 g/mol. The molecule has 1 aliphatic rings. The number of phenolic OH excluding ortho intramolecular Hbond substituents is 2. The lowest BCUT2D eigenvalue weighted by Gasteiger charge is -2.23. The zero-order valence-electron chi connectivity index (χ0n) is 17.2. The Balaban J connectivity index is 1.85. The largest absolute Gasteiger partial charge is 0.534 e. The highest BCUT2D eigenvalue weighted by atomic mass is 32.2. The molecule has 0 bridgehead atoms. The standard InChI is InChI=1S/C25H15F3O5S/c26-25(27,28)34(31,32)33-16-7-10-21-20-9-6-14(29)11-22(20)18-4-2-1-3-17(18)19-8-5-15(30)12-23(19)24(21)13-16/h1-13,29-30H. The molecule has 4 aromatic rings. The van der Waals surface area contributed by atoms with Crippen molar-refractivity contribution in [2.75, 3.05) is 0 Å². The fraction of sp³-hybridized carbons (Fsp3) is 0.0400. The van der Waals surface area contributed by atoms with Crippen LogP contribution < -0.4 is 4.18 Å². The second-order valence-corrected chi connectivity index (χ2v) is 9.23. The molecule has 0 aromatic heterocycles. The number of benzene rings is 4. The van der Waals surface area contributed by atoms with E-state index in [9.17, 15) is 31.8 Å². The van der Waals surface area contributed by atoms with E-state index in [0.717, 1.165) is 17.2 Å². The summed E-state index contributed by atoms with van der Waals surface area (Å²) in [6, 6.07) is 20.5. The Morgan fingerprint density at radius 3 is 1.53 bits per heavy atom. The van der Waals surface area contributed by atoms with E-state index in [1.807, 2.05) is 24.3 Å². The van der Waals surface area contributed by atoms with Crippen LogP contribution in [0.1, 0.15) is 0 Å². The highest BCUT2D eigenvalue weighted by Crippen LogP contribution is 2.49. The molecule has 34 heavy (non-hydrogen) atoms. The Morgan fingerprint density at radius 2 is 1.00 bits per heavy atom. The summed E-state index contributed by atoms with van der Waals surface area (Å²) >= 11 is 0. The van der Waals surface area contributed by atoms with Gasteiger partial charge in [-0.15, -0.1) is 0 Å². The number of rotatable bonds is 2. The van der Waals surface area contributed by atoms with E-state index >= 15 is 0 Å². The van der Waals surface area contributed by atoms with Crippen molar-refractivity contribution in [3.8, 4) is 61.8 Å². The lowest BCUT2D eigenvalue weighted by atomic mass is 9.81. The number of aromatic hydroxyl groups is 2. The van der Waals surface area contributed by atoms with Gasteiger partial charge in [-0.1, -0.05) is 36.4 Å². The predicted molar refractivity (Wildman–Crippen MR) is 121 cm³/mol. The van der Waals surface area contributed by atoms with E-state index in [4.69, 9.17) is 0 Å². The van der Waals surface area contributed by atoms with Crippen LogP contribution in [0, 0.1) is 0 Å². The van der Waals surface area contributed by atoms with Crippen molar-refractivity contribution in [2.45, 2.75) is 5.51 Å². The first-order chi connectivity index (χ1) is 16.0. The highest BCUT2D eigenvalue weighted by molar-refractivity contribution is 7.88. The van der Waals surface area contributed by atoms with Crippen molar-refractivity contribution in [3.63, 3.8) is 0 Å². The molecule has 1 aliphatic carbocycles. The quantitative estimate of drug-likeness (QED) is 0.227. The SMILES string of the molecule is O=S(=O)(Oc1ccc2c(c1)-c1cc(O)ccc1-c1ccccc1-c1cc(O)ccc1-2)C(F)(F)F. The van der Waals surface area contributed by atoms with Crippen LogP contribution in [0.25, 0.3) is 44.5 Å². The van der Waals surface area contributed by atoms with Crippen LogP contribution in [0.15, 0.2) is 78.9 Å². The minimum absolute atomic E-state index is 0.0258. The van der Waals surface area contributed by atoms with Crippen molar-refractivity contribution in [2.24, 2.45) is 0 Å². The molecule has 0 aliphatic heterocycles. The van der Waals surface area contributed by atoms with Crippen LogP contribution >= 0.6 is 0 Å². The molecule has 0 amide bonds. The smallest absolute Gasteiger partial charge is 0.508 e. The molecule has 0 spiro atoms. The topological polar surface area (TPSA) is 83.8 Å². The molecule has 5 nitrogen and oxygen atoms in total. The van der Waals surface area contributed by atoms with Gasteiger partial charge >= 0.3 is 15.6 Å². The summed E-state index contributed by atoms with van der Waals surface area (Å²) in [5.41, 5.74) is -0.691. The highest BCUT2D eigenvalue weighted by Gasteiger charge is 2.48. The van der Waals surface area contributed by atoms with Crippen LogP contribution in [0.4, 0.5) is 13.2 Å². The van der Waals surface area contributed by atoms with Gasteiger partial charge in [0.1, 0.15) is 17.2 Å². The van der Waals surface area contributed by atoms with Gasteiger partial charge in [-0.25, -0.2) is 0 Å². The van der Waals surface area contributed by atoms with Gasteiger partial charge in [0.15, 0.2) is 0 Å². The van der Waals surface area contributed by atoms with Crippen molar-refractivity contribution < 1.29 is 36.0 Å². The van der Waals surface area contributed by atoms with Crippen molar-refractivity contribution in [1.82, 2.24) is 0 Å². The van der Waals surface area contributed by atoms with E-state index in [1.165, 1.54) is 30.3 Å². The average molecular weight is 484 g/mol. The molecule has 0 heterocycles. The zero-order valence-corrected chi connectivity index (χ0v) is 18.0. The fourth-order valence-electron chi connectivity index (χ4n) is 4.14. The summed E-state index contributed by atoms with van der Waals surface area (Å²) in [4.78, 5) is 0. The Bertz CT molecular complexity index is 1550. The summed E-state index contributed by atoms with van der Waals surface area (Å²) in [5.74, 6) is -0.583. The van der Waals surface area contributed by atoms with E-state index in [2.05, 4.69) is 4.18 Å². The van der Waals surface area contributed by atoms with Gasteiger partial charge in [0.2, 0.25) is 0 Å². The molecule has 2 N–H and O–H groups in total. The number of hydrogen-bond donors (Lipinski definition) is 2. The maximum Gasteiger partial charge on any atom is 0.534 e. The van der Waals surface area contributed by atoms with Crippen molar-refractivity contribution >= 4 is 10.1 Å². The molecule has 9 heteroatoms. The van der Waals surface area contributed by atoms with Gasteiger partial charge in [-0.05, 0) is 87.0 Å². The first-order valence-electron chi connectivity index (χ1n) is 9.96. The second kappa shape index (κ2) is 7.53. The summed E-state index contributed by atoms with van der Waals surface area (Å²) in [5, 5.41) is 20.4. The number of phenols is 2. The molecule has 0 saturated heterocycles. The molecule has 0 fully saturated rings. The van der Waals surface area contributed by atoms with Gasteiger partial charge in [0.25, 0.3) is 0 Å². The lowest BCUT2D eigenvalue weighted by molar-refractivity contribution is -0.0500. The summed E-state index contributed by atoms with van der Waals surface area (Å²) in [6.07, 6.45) is 0. The number of halogens is 3. The number of hydrogen-bond acceptors (Lipinski definition) is 5. The third-order valence-electron chi connectivity index (χ3n) is 5.57. The molecule has 172 valence electrons. The van der Waals surface area contributed by atoms with Crippen LogP contribution in [-0.4, -0.2) is 24.1 Å². The Kier molecular flexibility index (Phi) is 4.84. The van der Waals surface area contributed by atoms with Crippen LogP contribution in [0.2, 0.25) is 0 Å². The van der Waals surface area contributed by atoms with Gasteiger partial charge in [-0.2, -0.15) is 21.6 Å². The Hall–Kier alpha value is -3.98. The first-order valence-corrected chi connectivity index (χ1v) is 11.4.